The maximum Gasteiger partial charge on any atom is 0.254 e. The summed E-state index contributed by atoms with van der Waals surface area (Å²) < 4.78 is 5.78. The molecule has 0 radical (unpaired) electrons. The molecule has 1 aliphatic heterocycles. The third-order valence-electron chi connectivity index (χ3n) is 3.80. The second kappa shape index (κ2) is 8.34. The van der Waals surface area contributed by atoms with Crippen LogP contribution >= 0.6 is 23.7 Å². The number of nitrogens with one attached hydrogen (secondary N) is 1. The molecule has 1 fully saturated rings. The van der Waals surface area contributed by atoms with Gasteiger partial charge in [-0.05, 0) is 36.6 Å². The van der Waals surface area contributed by atoms with Crippen molar-refractivity contribution in [2.45, 2.75) is 19.6 Å². The largest absolute Gasteiger partial charge is 0.488 e. The van der Waals surface area contributed by atoms with Crippen LogP contribution in [0.25, 0.3) is 0 Å². The van der Waals surface area contributed by atoms with E-state index in [1.54, 1.807) is 11.3 Å². The van der Waals surface area contributed by atoms with Crippen LogP contribution in [0.15, 0.2) is 41.8 Å². The van der Waals surface area contributed by atoms with Gasteiger partial charge in [0.2, 0.25) is 0 Å². The van der Waals surface area contributed by atoms with Gasteiger partial charge in [-0.25, -0.2) is 0 Å². The minimum absolute atomic E-state index is 0. The fraction of sp³-hybridized carbons (Fsp3) is 0.353. The molecule has 1 N–H and O–H groups in total. The normalized spacial score (nSPS) is 17.4. The van der Waals surface area contributed by atoms with E-state index in [0.29, 0.717) is 12.2 Å². The van der Waals surface area contributed by atoms with Crippen LogP contribution in [0.5, 0.6) is 5.75 Å². The van der Waals surface area contributed by atoms with Gasteiger partial charge < -0.3 is 15.0 Å². The molecule has 1 unspecified atom stereocenters. The van der Waals surface area contributed by atoms with E-state index >= 15 is 0 Å². The van der Waals surface area contributed by atoms with Crippen LogP contribution in [0.1, 0.15) is 22.2 Å². The summed E-state index contributed by atoms with van der Waals surface area (Å²) in [5, 5.41) is 5.33. The summed E-state index contributed by atoms with van der Waals surface area (Å²) in [7, 11) is 0. The average molecular weight is 353 g/mol. The fourth-order valence-electron chi connectivity index (χ4n) is 2.58. The van der Waals surface area contributed by atoms with E-state index in [9.17, 15) is 4.79 Å². The molecular formula is C17H21ClN2O2S. The second-order valence-corrected chi connectivity index (χ2v) is 6.48. The topological polar surface area (TPSA) is 41.6 Å². The Hall–Kier alpha value is -1.56. The summed E-state index contributed by atoms with van der Waals surface area (Å²) in [6, 6.07) is 11.7. The Bertz CT molecular complexity index is 633. The maximum atomic E-state index is 12.6. The molecule has 1 aliphatic rings. The number of hydrogen-bond donors (Lipinski definition) is 1. The van der Waals surface area contributed by atoms with Crippen molar-refractivity contribution in [3.63, 3.8) is 0 Å². The van der Waals surface area contributed by atoms with Gasteiger partial charge in [-0.3, -0.25) is 4.79 Å². The molecule has 1 aromatic carbocycles. The number of halogens is 1. The number of amides is 1. The summed E-state index contributed by atoms with van der Waals surface area (Å²) in [6.45, 7) is 5.06. The van der Waals surface area contributed by atoms with E-state index in [1.165, 1.54) is 4.88 Å². The van der Waals surface area contributed by atoms with Crippen molar-refractivity contribution < 1.29 is 9.53 Å². The molecule has 1 aromatic heterocycles. The first-order valence-corrected chi connectivity index (χ1v) is 8.39. The lowest BCUT2D eigenvalue weighted by Gasteiger charge is -2.34. The smallest absolute Gasteiger partial charge is 0.254 e. The SMILES string of the molecule is CC1CNCCN1C(=O)c1cccc(OCc2cccs2)c1.Cl. The molecule has 2 heterocycles. The Morgan fingerprint density at radius 2 is 2.26 bits per heavy atom. The van der Waals surface area contributed by atoms with Gasteiger partial charge in [-0.15, -0.1) is 23.7 Å². The summed E-state index contributed by atoms with van der Waals surface area (Å²) in [4.78, 5) is 15.7. The Labute approximate surface area is 146 Å². The van der Waals surface area contributed by atoms with Crippen molar-refractivity contribution in [3.05, 3.63) is 52.2 Å². The molecule has 0 aliphatic carbocycles. The molecule has 4 nitrogen and oxygen atoms in total. The Kier molecular flexibility index (Phi) is 6.45. The highest BCUT2D eigenvalue weighted by atomic mass is 35.5. The number of benzene rings is 1. The number of carbonyl (C=O) groups excluding carboxylic acids is 1. The zero-order valence-corrected chi connectivity index (χ0v) is 14.7. The average Bonchev–Trinajstić information content (AvgIpc) is 3.06. The summed E-state index contributed by atoms with van der Waals surface area (Å²) in [5.41, 5.74) is 0.692. The van der Waals surface area contributed by atoms with Crippen LogP contribution in [0.4, 0.5) is 0 Å². The number of carbonyl (C=O) groups is 1. The first-order valence-electron chi connectivity index (χ1n) is 7.51. The van der Waals surface area contributed by atoms with Crippen LogP contribution < -0.4 is 10.1 Å². The highest BCUT2D eigenvalue weighted by Crippen LogP contribution is 2.19. The van der Waals surface area contributed by atoms with E-state index in [1.807, 2.05) is 46.7 Å². The van der Waals surface area contributed by atoms with Crippen molar-refractivity contribution in [1.29, 1.82) is 0 Å². The molecule has 0 spiro atoms. The Morgan fingerprint density at radius 1 is 1.39 bits per heavy atom. The van der Waals surface area contributed by atoms with Crippen molar-refractivity contribution in [2.24, 2.45) is 0 Å². The molecular weight excluding hydrogens is 332 g/mol. The number of thiophene rings is 1. The van der Waals surface area contributed by atoms with E-state index in [4.69, 9.17) is 4.74 Å². The van der Waals surface area contributed by atoms with Crippen molar-refractivity contribution in [1.82, 2.24) is 10.2 Å². The lowest BCUT2D eigenvalue weighted by atomic mass is 10.1. The van der Waals surface area contributed by atoms with Crippen molar-refractivity contribution >= 4 is 29.7 Å². The molecule has 1 atom stereocenters. The highest BCUT2D eigenvalue weighted by molar-refractivity contribution is 7.09. The fourth-order valence-corrected chi connectivity index (χ4v) is 3.19. The number of piperazine rings is 1. The number of ether oxygens (including phenoxy) is 1. The van der Waals surface area contributed by atoms with Crippen molar-refractivity contribution in [3.8, 4) is 5.75 Å². The van der Waals surface area contributed by atoms with Crippen LogP contribution in [-0.4, -0.2) is 36.5 Å². The van der Waals surface area contributed by atoms with E-state index in [-0.39, 0.29) is 24.4 Å². The number of rotatable bonds is 4. The molecule has 6 heteroatoms. The van der Waals surface area contributed by atoms with Crippen LogP contribution in [0.2, 0.25) is 0 Å². The standard InChI is InChI=1S/C17H20N2O2S.ClH/c1-13-11-18-7-8-19(13)17(20)14-4-2-5-15(10-14)21-12-16-6-3-9-22-16;/h2-6,9-10,13,18H,7-8,11-12H2,1H3;1H. The molecule has 3 rings (SSSR count). The minimum atomic E-state index is 0. The Morgan fingerprint density at radius 3 is 3.00 bits per heavy atom. The zero-order chi connectivity index (χ0) is 15.4. The molecule has 1 saturated heterocycles. The molecule has 1 amide bonds. The van der Waals surface area contributed by atoms with Gasteiger partial charge in [-0.1, -0.05) is 12.1 Å². The monoisotopic (exact) mass is 352 g/mol. The van der Waals surface area contributed by atoms with Gasteiger partial charge in [0, 0.05) is 36.1 Å². The lowest BCUT2D eigenvalue weighted by Crippen LogP contribution is -2.52. The molecule has 23 heavy (non-hydrogen) atoms. The Balaban J connectivity index is 0.00000192. The lowest BCUT2D eigenvalue weighted by molar-refractivity contribution is 0.0655. The van der Waals surface area contributed by atoms with E-state index in [2.05, 4.69) is 12.2 Å². The summed E-state index contributed by atoms with van der Waals surface area (Å²) in [6.07, 6.45) is 0. The summed E-state index contributed by atoms with van der Waals surface area (Å²) >= 11 is 1.67. The third-order valence-corrected chi connectivity index (χ3v) is 4.65. The molecule has 0 bridgehead atoms. The van der Waals surface area contributed by atoms with Gasteiger partial charge in [0.05, 0.1) is 0 Å². The van der Waals surface area contributed by atoms with E-state index < -0.39 is 0 Å². The van der Waals surface area contributed by atoms with Crippen molar-refractivity contribution in [2.75, 3.05) is 19.6 Å². The van der Waals surface area contributed by atoms with Gasteiger partial charge in [0.1, 0.15) is 12.4 Å². The quantitative estimate of drug-likeness (QED) is 0.918. The molecule has 124 valence electrons. The predicted molar refractivity (Wildman–Crippen MR) is 95.7 cm³/mol. The number of nitrogens with zero attached hydrogens (tertiary/aromatic N) is 1. The van der Waals surface area contributed by atoms with Gasteiger partial charge in [0.15, 0.2) is 0 Å². The van der Waals surface area contributed by atoms with Crippen LogP contribution in [0.3, 0.4) is 0 Å². The zero-order valence-electron chi connectivity index (χ0n) is 13.0. The van der Waals surface area contributed by atoms with Crippen LogP contribution in [0, 0.1) is 0 Å². The third kappa shape index (κ3) is 4.47. The van der Waals surface area contributed by atoms with E-state index in [0.717, 1.165) is 25.4 Å². The summed E-state index contributed by atoms with van der Waals surface area (Å²) in [5.74, 6) is 0.817. The maximum absolute atomic E-state index is 12.6. The first kappa shape index (κ1) is 17.8. The van der Waals surface area contributed by atoms with Gasteiger partial charge in [0.25, 0.3) is 5.91 Å². The predicted octanol–water partition coefficient (Wildman–Crippen LogP) is 3.18. The highest BCUT2D eigenvalue weighted by Gasteiger charge is 2.24. The number of hydrogen-bond acceptors (Lipinski definition) is 4. The minimum Gasteiger partial charge on any atom is -0.488 e. The first-order chi connectivity index (χ1) is 10.7. The molecule has 0 saturated carbocycles. The second-order valence-electron chi connectivity index (χ2n) is 5.45. The van der Waals surface area contributed by atoms with Crippen LogP contribution in [-0.2, 0) is 6.61 Å². The van der Waals surface area contributed by atoms with Gasteiger partial charge in [-0.2, -0.15) is 0 Å². The van der Waals surface area contributed by atoms with Gasteiger partial charge >= 0.3 is 0 Å². The molecule has 2 aromatic rings.